The van der Waals surface area contributed by atoms with E-state index in [0.29, 0.717) is 5.92 Å². The summed E-state index contributed by atoms with van der Waals surface area (Å²) in [5.41, 5.74) is 12.3. The molecule has 2 atom stereocenters. The van der Waals surface area contributed by atoms with Gasteiger partial charge in [-0.1, -0.05) is 31.4 Å². The molecule has 1 aromatic rings. The molecule has 3 rings (SSSR count). The minimum Gasteiger partial charge on any atom is -0.371 e. The standard InChI is InChI=1S/C22H31N3/c1-5-18(13-17-7-8-17)20-9-10-21(15(3)22(20)24-6-2)25-12-11-19(14-25)16(4)23/h5-6,9-10,13,16-17,19,24H,1-2,7-8,11-12,14,23H2,3-4H3/b18-13-. The monoisotopic (exact) mass is 337 g/mol. The number of nitrogens with two attached hydrogens (primary N) is 1. The van der Waals surface area contributed by atoms with Crippen molar-refractivity contribution < 1.29 is 0 Å². The van der Waals surface area contributed by atoms with Crippen LogP contribution in [0.4, 0.5) is 11.4 Å². The number of allylic oxidation sites excluding steroid dienone is 3. The van der Waals surface area contributed by atoms with Gasteiger partial charge in [-0.25, -0.2) is 0 Å². The molecule has 1 aliphatic carbocycles. The van der Waals surface area contributed by atoms with Gasteiger partial charge in [0.2, 0.25) is 0 Å². The highest BCUT2D eigenvalue weighted by molar-refractivity contribution is 5.86. The lowest BCUT2D eigenvalue weighted by Gasteiger charge is -2.25. The van der Waals surface area contributed by atoms with Crippen LogP contribution in [0.25, 0.3) is 5.57 Å². The van der Waals surface area contributed by atoms with Crippen molar-refractivity contribution in [1.82, 2.24) is 0 Å². The SMILES string of the molecule is C=CNc1c(/C(C=C)=C\C2CC2)ccc(N2CCC(C(C)N)C2)c1C. The number of rotatable bonds is 7. The van der Waals surface area contributed by atoms with E-state index in [-0.39, 0.29) is 6.04 Å². The number of anilines is 2. The first-order valence-electron chi connectivity index (χ1n) is 9.41. The molecule has 0 aromatic heterocycles. The third-order valence-electron chi connectivity index (χ3n) is 5.56. The zero-order valence-electron chi connectivity index (χ0n) is 15.6. The fraction of sp³-hybridized carbons (Fsp3) is 0.455. The van der Waals surface area contributed by atoms with Crippen molar-refractivity contribution in [3.05, 3.63) is 54.8 Å². The molecular weight excluding hydrogens is 306 g/mol. The van der Waals surface area contributed by atoms with Crippen LogP contribution in [-0.4, -0.2) is 19.1 Å². The minimum atomic E-state index is 0.254. The summed E-state index contributed by atoms with van der Waals surface area (Å²) >= 11 is 0. The molecule has 0 bridgehead atoms. The van der Waals surface area contributed by atoms with Crippen LogP contribution in [0, 0.1) is 18.8 Å². The van der Waals surface area contributed by atoms with Gasteiger partial charge in [-0.3, -0.25) is 0 Å². The molecule has 0 amide bonds. The second kappa shape index (κ2) is 7.49. The fourth-order valence-electron chi connectivity index (χ4n) is 3.79. The molecule has 25 heavy (non-hydrogen) atoms. The quantitative estimate of drug-likeness (QED) is 0.708. The molecule has 3 heteroatoms. The van der Waals surface area contributed by atoms with Gasteiger partial charge < -0.3 is 16.0 Å². The number of benzene rings is 1. The number of nitrogens with one attached hydrogen (secondary N) is 1. The predicted octanol–water partition coefficient (Wildman–Crippen LogP) is 4.70. The molecular formula is C22H31N3. The first kappa shape index (κ1) is 17.8. The van der Waals surface area contributed by atoms with Crippen LogP contribution in [0.15, 0.2) is 43.6 Å². The Morgan fingerprint density at radius 2 is 2.08 bits per heavy atom. The van der Waals surface area contributed by atoms with E-state index in [4.69, 9.17) is 5.73 Å². The maximum Gasteiger partial charge on any atom is 0.0509 e. The average Bonchev–Trinajstić information content (AvgIpc) is 3.27. The number of hydrogen-bond donors (Lipinski definition) is 2. The maximum absolute atomic E-state index is 6.12. The number of nitrogens with zero attached hydrogens (tertiary/aromatic N) is 1. The van der Waals surface area contributed by atoms with Crippen LogP contribution >= 0.6 is 0 Å². The molecule has 134 valence electrons. The Morgan fingerprint density at radius 1 is 1.32 bits per heavy atom. The normalized spacial score (nSPS) is 22.0. The summed E-state index contributed by atoms with van der Waals surface area (Å²) in [6, 6.07) is 4.74. The van der Waals surface area contributed by atoms with E-state index < -0.39 is 0 Å². The second-order valence-electron chi connectivity index (χ2n) is 7.50. The van der Waals surface area contributed by atoms with Crippen LogP contribution in [0.1, 0.15) is 37.3 Å². The first-order chi connectivity index (χ1) is 12.0. The highest BCUT2D eigenvalue weighted by atomic mass is 15.2. The zero-order valence-corrected chi connectivity index (χ0v) is 15.6. The van der Waals surface area contributed by atoms with Gasteiger partial charge in [0.15, 0.2) is 0 Å². The summed E-state index contributed by atoms with van der Waals surface area (Å²) in [7, 11) is 0. The Labute approximate surface area is 152 Å². The van der Waals surface area contributed by atoms with Crippen molar-refractivity contribution in [3.63, 3.8) is 0 Å². The molecule has 0 spiro atoms. The summed E-state index contributed by atoms with van der Waals surface area (Å²) in [5.74, 6) is 1.29. The van der Waals surface area contributed by atoms with E-state index in [1.165, 1.54) is 41.6 Å². The maximum atomic E-state index is 6.12. The van der Waals surface area contributed by atoms with Crippen LogP contribution in [0.2, 0.25) is 0 Å². The van der Waals surface area contributed by atoms with E-state index in [2.05, 4.69) is 55.4 Å². The van der Waals surface area contributed by atoms with Crippen LogP contribution in [0.3, 0.4) is 0 Å². The third kappa shape index (κ3) is 3.82. The van der Waals surface area contributed by atoms with E-state index in [1.807, 2.05) is 6.08 Å². The highest BCUT2D eigenvalue weighted by Gasteiger charge is 2.27. The lowest BCUT2D eigenvalue weighted by Crippen LogP contribution is -2.30. The Balaban J connectivity index is 1.96. The largest absolute Gasteiger partial charge is 0.371 e. The molecule has 1 heterocycles. The molecule has 1 aliphatic heterocycles. The van der Waals surface area contributed by atoms with E-state index in [9.17, 15) is 0 Å². The summed E-state index contributed by atoms with van der Waals surface area (Å²) in [6.45, 7) is 14.3. The molecule has 1 saturated heterocycles. The Hall–Kier alpha value is -2.00. The van der Waals surface area contributed by atoms with Crippen molar-refractivity contribution in [2.45, 2.75) is 39.2 Å². The average molecular weight is 338 g/mol. The van der Waals surface area contributed by atoms with Gasteiger partial charge in [0.1, 0.15) is 0 Å². The van der Waals surface area contributed by atoms with Gasteiger partial charge in [0.25, 0.3) is 0 Å². The van der Waals surface area contributed by atoms with Gasteiger partial charge in [-0.15, -0.1) is 0 Å². The molecule has 2 aliphatic rings. The van der Waals surface area contributed by atoms with Crippen molar-refractivity contribution >= 4 is 16.9 Å². The van der Waals surface area contributed by atoms with Crippen molar-refractivity contribution in [1.29, 1.82) is 0 Å². The predicted molar refractivity (Wildman–Crippen MR) is 110 cm³/mol. The van der Waals surface area contributed by atoms with Gasteiger partial charge >= 0.3 is 0 Å². The van der Waals surface area contributed by atoms with E-state index >= 15 is 0 Å². The molecule has 3 N–H and O–H groups in total. The van der Waals surface area contributed by atoms with Crippen molar-refractivity contribution in [2.24, 2.45) is 17.6 Å². The number of hydrogen-bond acceptors (Lipinski definition) is 3. The van der Waals surface area contributed by atoms with E-state index in [1.54, 1.807) is 6.20 Å². The van der Waals surface area contributed by atoms with Crippen molar-refractivity contribution in [2.75, 3.05) is 23.3 Å². The Bertz CT molecular complexity index is 683. The molecule has 1 saturated carbocycles. The highest BCUT2D eigenvalue weighted by Crippen LogP contribution is 2.39. The Kier molecular flexibility index (Phi) is 5.33. The lowest BCUT2D eigenvalue weighted by molar-refractivity contribution is 0.488. The molecule has 1 aromatic carbocycles. The molecule has 2 unspecified atom stereocenters. The summed E-state index contributed by atoms with van der Waals surface area (Å²) < 4.78 is 0. The molecule has 0 radical (unpaired) electrons. The van der Waals surface area contributed by atoms with Crippen LogP contribution < -0.4 is 16.0 Å². The van der Waals surface area contributed by atoms with Gasteiger partial charge in [0.05, 0.1) is 5.69 Å². The summed E-state index contributed by atoms with van der Waals surface area (Å²) in [4.78, 5) is 2.47. The zero-order chi connectivity index (χ0) is 18.0. The smallest absolute Gasteiger partial charge is 0.0509 e. The second-order valence-corrected chi connectivity index (χ2v) is 7.50. The van der Waals surface area contributed by atoms with Gasteiger partial charge in [0, 0.05) is 30.4 Å². The molecule has 2 fully saturated rings. The van der Waals surface area contributed by atoms with Crippen molar-refractivity contribution in [3.8, 4) is 0 Å². The van der Waals surface area contributed by atoms with Gasteiger partial charge in [-0.05, 0) is 68.3 Å². The summed E-state index contributed by atoms with van der Waals surface area (Å²) in [6.07, 6.45) is 9.86. The fourth-order valence-corrected chi connectivity index (χ4v) is 3.79. The topological polar surface area (TPSA) is 41.3 Å². The van der Waals surface area contributed by atoms with E-state index in [0.717, 1.165) is 24.7 Å². The Morgan fingerprint density at radius 3 is 2.64 bits per heavy atom. The van der Waals surface area contributed by atoms with Crippen LogP contribution in [0.5, 0.6) is 0 Å². The minimum absolute atomic E-state index is 0.254. The lowest BCUT2D eigenvalue weighted by atomic mass is 9.97. The molecule has 3 nitrogen and oxygen atoms in total. The third-order valence-corrected chi connectivity index (χ3v) is 5.56. The van der Waals surface area contributed by atoms with Gasteiger partial charge in [-0.2, -0.15) is 0 Å². The first-order valence-corrected chi connectivity index (χ1v) is 9.41. The summed E-state index contributed by atoms with van der Waals surface area (Å²) in [5, 5.41) is 3.37. The van der Waals surface area contributed by atoms with Crippen LogP contribution in [-0.2, 0) is 0 Å².